The average Bonchev–Trinajstić information content (AvgIpc) is 2.98. The summed E-state index contributed by atoms with van der Waals surface area (Å²) in [6.45, 7) is -0.187. The maximum absolute atomic E-state index is 12.2. The van der Waals surface area contributed by atoms with Crippen LogP contribution in [0.5, 0.6) is 0 Å². The highest BCUT2D eigenvalue weighted by Crippen LogP contribution is 2.43. The fraction of sp³-hybridized carbons (Fsp3) is 0.308. The van der Waals surface area contributed by atoms with Crippen LogP contribution in [0.15, 0.2) is 33.1 Å². The lowest BCUT2D eigenvalue weighted by Crippen LogP contribution is -2.23. The Balaban J connectivity index is 1.73. The SMILES string of the molecule is O=C(O)c1ccoc1CNS(=O)(=O)c1ccc(C2CC2)s1. The van der Waals surface area contributed by atoms with Gasteiger partial charge in [-0.25, -0.2) is 17.9 Å². The summed E-state index contributed by atoms with van der Waals surface area (Å²) < 4.78 is 32.0. The smallest absolute Gasteiger partial charge is 0.339 e. The number of hydrogen-bond acceptors (Lipinski definition) is 5. The highest BCUT2D eigenvalue weighted by atomic mass is 32.2. The minimum absolute atomic E-state index is 0.0393. The number of carboxylic acid groups (broad SMARTS) is 1. The highest BCUT2D eigenvalue weighted by molar-refractivity contribution is 7.91. The molecule has 112 valence electrons. The molecule has 1 aliphatic rings. The lowest BCUT2D eigenvalue weighted by atomic mass is 10.2. The maximum atomic E-state index is 12.2. The molecule has 0 bridgehead atoms. The van der Waals surface area contributed by atoms with E-state index in [1.54, 1.807) is 6.07 Å². The number of carboxylic acids is 1. The first-order valence-electron chi connectivity index (χ1n) is 6.36. The second kappa shape index (κ2) is 5.28. The second-order valence-corrected chi connectivity index (χ2v) is 7.93. The highest BCUT2D eigenvalue weighted by Gasteiger charge is 2.27. The van der Waals surface area contributed by atoms with Crippen LogP contribution in [-0.2, 0) is 16.6 Å². The van der Waals surface area contributed by atoms with E-state index in [9.17, 15) is 13.2 Å². The van der Waals surface area contributed by atoms with Crippen LogP contribution in [0.2, 0.25) is 0 Å². The maximum Gasteiger partial charge on any atom is 0.339 e. The number of nitrogens with one attached hydrogen (secondary N) is 1. The van der Waals surface area contributed by atoms with Crippen molar-refractivity contribution in [3.05, 3.63) is 40.7 Å². The first-order valence-corrected chi connectivity index (χ1v) is 8.66. The van der Waals surface area contributed by atoms with Gasteiger partial charge >= 0.3 is 5.97 Å². The van der Waals surface area contributed by atoms with Gasteiger partial charge in [0.2, 0.25) is 10.0 Å². The number of carbonyl (C=O) groups is 1. The fourth-order valence-electron chi connectivity index (χ4n) is 1.97. The summed E-state index contributed by atoms with van der Waals surface area (Å²) in [5, 5.41) is 8.94. The van der Waals surface area contributed by atoms with E-state index >= 15 is 0 Å². The van der Waals surface area contributed by atoms with E-state index < -0.39 is 16.0 Å². The largest absolute Gasteiger partial charge is 0.478 e. The Labute approximate surface area is 125 Å². The molecule has 2 aromatic heterocycles. The Bertz CT molecular complexity index is 770. The Morgan fingerprint density at radius 3 is 2.81 bits per heavy atom. The summed E-state index contributed by atoms with van der Waals surface area (Å²) >= 11 is 1.26. The number of thiophene rings is 1. The second-order valence-electron chi connectivity index (χ2n) is 4.82. The van der Waals surface area contributed by atoms with Crippen molar-refractivity contribution in [2.24, 2.45) is 0 Å². The van der Waals surface area contributed by atoms with Gasteiger partial charge in [0.05, 0.1) is 12.8 Å². The quantitative estimate of drug-likeness (QED) is 0.849. The van der Waals surface area contributed by atoms with Crippen molar-refractivity contribution in [2.45, 2.75) is 29.5 Å². The van der Waals surface area contributed by atoms with Crippen molar-refractivity contribution in [2.75, 3.05) is 0 Å². The van der Waals surface area contributed by atoms with Crippen LogP contribution in [0.25, 0.3) is 0 Å². The molecule has 0 spiro atoms. The molecule has 0 unspecified atom stereocenters. The van der Waals surface area contributed by atoms with Crippen molar-refractivity contribution in [1.82, 2.24) is 4.72 Å². The molecule has 0 aliphatic heterocycles. The van der Waals surface area contributed by atoms with Crippen molar-refractivity contribution < 1.29 is 22.7 Å². The summed E-state index contributed by atoms with van der Waals surface area (Å²) in [6.07, 6.45) is 3.45. The summed E-state index contributed by atoms with van der Waals surface area (Å²) in [6, 6.07) is 4.72. The molecule has 2 aromatic rings. The standard InChI is InChI=1S/C13H13NO5S2/c15-13(16)9-5-6-19-10(9)7-14-21(17,18)12-4-3-11(20-12)8-1-2-8/h3-6,8,14H,1-2,7H2,(H,15,16). The third-order valence-electron chi connectivity index (χ3n) is 3.25. The van der Waals surface area contributed by atoms with Crippen molar-refractivity contribution in [1.29, 1.82) is 0 Å². The van der Waals surface area contributed by atoms with E-state index in [2.05, 4.69) is 4.72 Å². The van der Waals surface area contributed by atoms with Crippen LogP contribution in [0.4, 0.5) is 0 Å². The zero-order valence-electron chi connectivity index (χ0n) is 10.9. The van der Waals surface area contributed by atoms with E-state index in [1.165, 1.54) is 23.7 Å². The van der Waals surface area contributed by atoms with E-state index in [0.29, 0.717) is 5.92 Å². The molecule has 21 heavy (non-hydrogen) atoms. The molecule has 0 aromatic carbocycles. The van der Waals surface area contributed by atoms with Crippen LogP contribution in [0, 0.1) is 0 Å². The third-order valence-corrected chi connectivity index (χ3v) is 6.39. The Morgan fingerprint density at radius 1 is 1.38 bits per heavy atom. The van der Waals surface area contributed by atoms with Crippen LogP contribution >= 0.6 is 11.3 Å². The van der Waals surface area contributed by atoms with Gasteiger partial charge in [0.25, 0.3) is 0 Å². The molecule has 6 nitrogen and oxygen atoms in total. The zero-order valence-corrected chi connectivity index (χ0v) is 12.5. The predicted molar refractivity (Wildman–Crippen MR) is 76.0 cm³/mol. The monoisotopic (exact) mass is 327 g/mol. The molecule has 2 heterocycles. The molecule has 1 saturated carbocycles. The molecule has 1 aliphatic carbocycles. The molecule has 0 saturated heterocycles. The number of sulfonamides is 1. The Hall–Kier alpha value is -1.64. The third kappa shape index (κ3) is 3.02. The van der Waals surface area contributed by atoms with Gasteiger partial charge in [-0.15, -0.1) is 11.3 Å². The lowest BCUT2D eigenvalue weighted by Gasteiger charge is -2.03. The lowest BCUT2D eigenvalue weighted by molar-refractivity contribution is 0.0694. The van der Waals surface area contributed by atoms with Gasteiger partial charge < -0.3 is 9.52 Å². The summed E-state index contributed by atoms with van der Waals surface area (Å²) in [4.78, 5) is 12.0. The van der Waals surface area contributed by atoms with Gasteiger partial charge in [0.15, 0.2) is 0 Å². The van der Waals surface area contributed by atoms with Gasteiger partial charge in [0, 0.05) is 4.88 Å². The molecular weight excluding hydrogens is 314 g/mol. The molecule has 1 fully saturated rings. The van der Waals surface area contributed by atoms with Gasteiger partial charge in [-0.3, -0.25) is 0 Å². The van der Waals surface area contributed by atoms with Gasteiger partial charge in [-0.1, -0.05) is 0 Å². The molecule has 3 rings (SSSR count). The van der Waals surface area contributed by atoms with E-state index in [-0.39, 0.29) is 22.1 Å². The van der Waals surface area contributed by atoms with Gasteiger partial charge in [-0.05, 0) is 37.0 Å². The molecule has 8 heteroatoms. The Morgan fingerprint density at radius 2 is 2.14 bits per heavy atom. The van der Waals surface area contributed by atoms with E-state index in [4.69, 9.17) is 9.52 Å². The zero-order chi connectivity index (χ0) is 15.0. The van der Waals surface area contributed by atoms with Gasteiger partial charge in [0.1, 0.15) is 15.5 Å². The number of rotatable bonds is 6. The number of furan rings is 1. The van der Waals surface area contributed by atoms with Crippen LogP contribution in [-0.4, -0.2) is 19.5 Å². The van der Waals surface area contributed by atoms with E-state index in [1.807, 2.05) is 6.07 Å². The van der Waals surface area contributed by atoms with E-state index in [0.717, 1.165) is 17.7 Å². The van der Waals surface area contributed by atoms with Crippen LogP contribution in [0.1, 0.15) is 39.8 Å². The summed E-state index contributed by atoms with van der Waals surface area (Å²) in [5.74, 6) is -0.558. The molecule has 0 amide bonds. The number of hydrogen-bond donors (Lipinski definition) is 2. The van der Waals surface area contributed by atoms with Crippen molar-refractivity contribution >= 4 is 27.3 Å². The molecular formula is C13H13NO5S2. The van der Waals surface area contributed by atoms with Crippen molar-refractivity contribution in [3.63, 3.8) is 0 Å². The normalized spacial score (nSPS) is 15.2. The summed E-state index contributed by atoms with van der Waals surface area (Å²) in [5.41, 5.74) is -0.0393. The predicted octanol–water partition coefficient (Wildman–Crippen LogP) is 2.40. The summed E-state index contributed by atoms with van der Waals surface area (Å²) in [7, 11) is -3.65. The van der Waals surface area contributed by atoms with Gasteiger partial charge in [-0.2, -0.15) is 0 Å². The topological polar surface area (TPSA) is 96.6 Å². The average molecular weight is 327 g/mol. The minimum atomic E-state index is -3.65. The van der Waals surface area contributed by atoms with Crippen LogP contribution in [0.3, 0.4) is 0 Å². The van der Waals surface area contributed by atoms with Crippen molar-refractivity contribution in [3.8, 4) is 0 Å². The molecule has 0 radical (unpaired) electrons. The minimum Gasteiger partial charge on any atom is -0.478 e. The molecule has 2 N–H and O–H groups in total. The first-order chi connectivity index (χ1) is 9.97. The Kier molecular flexibility index (Phi) is 3.60. The number of aromatic carboxylic acids is 1. The fourth-order valence-corrected chi connectivity index (χ4v) is 4.49. The molecule has 0 atom stereocenters. The van der Waals surface area contributed by atoms with Crippen LogP contribution < -0.4 is 4.72 Å². The first kappa shape index (κ1) is 14.3.